The Morgan fingerprint density at radius 2 is 1.83 bits per heavy atom. The van der Waals surface area contributed by atoms with Gasteiger partial charge in [0, 0.05) is 10.6 Å². The summed E-state index contributed by atoms with van der Waals surface area (Å²) in [7, 11) is -1.32. The van der Waals surface area contributed by atoms with Crippen LogP contribution in [0.4, 0.5) is 10.1 Å². The van der Waals surface area contributed by atoms with E-state index in [2.05, 4.69) is 0 Å². The highest BCUT2D eigenvalue weighted by atomic mass is 32.2. The van der Waals surface area contributed by atoms with Gasteiger partial charge in [-0.15, -0.1) is 0 Å². The zero-order valence-corrected chi connectivity index (χ0v) is 10.8. The number of rotatable bonds is 3. The van der Waals surface area contributed by atoms with Gasteiger partial charge in [0.2, 0.25) is 0 Å². The van der Waals surface area contributed by atoms with Crippen LogP contribution in [-0.4, -0.2) is 4.21 Å². The van der Waals surface area contributed by atoms with Crippen molar-refractivity contribution in [3.05, 3.63) is 59.9 Å². The van der Waals surface area contributed by atoms with Crippen LogP contribution in [0.15, 0.2) is 53.4 Å². The van der Waals surface area contributed by atoms with Gasteiger partial charge in [-0.25, -0.2) is 4.39 Å². The molecule has 2 N–H and O–H groups in total. The molecule has 2 rings (SSSR count). The normalized spacial score (nSPS) is 14.1. The molecule has 0 bridgehead atoms. The number of hydrogen-bond donors (Lipinski definition) is 1. The van der Waals surface area contributed by atoms with Crippen LogP contribution in [0.5, 0.6) is 0 Å². The average molecular weight is 263 g/mol. The summed E-state index contributed by atoms with van der Waals surface area (Å²) in [5.41, 5.74) is 6.81. The third-order valence-electron chi connectivity index (χ3n) is 2.72. The summed E-state index contributed by atoms with van der Waals surface area (Å²) < 4.78 is 25.6. The van der Waals surface area contributed by atoms with Crippen molar-refractivity contribution in [1.82, 2.24) is 0 Å². The minimum absolute atomic E-state index is 0.201. The zero-order valence-electron chi connectivity index (χ0n) is 9.97. The van der Waals surface area contributed by atoms with E-state index in [9.17, 15) is 8.60 Å². The molecule has 0 aliphatic rings. The van der Waals surface area contributed by atoms with E-state index in [0.717, 1.165) is 5.56 Å². The van der Waals surface area contributed by atoms with Crippen molar-refractivity contribution in [2.45, 2.75) is 17.1 Å². The van der Waals surface area contributed by atoms with Crippen LogP contribution in [0.1, 0.15) is 17.7 Å². The third-order valence-corrected chi connectivity index (χ3v) is 4.33. The second-order valence-electron chi connectivity index (χ2n) is 4.07. The van der Waals surface area contributed by atoms with Gasteiger partial charge in [-0.05, 0) is 30.7 Å². The molecule has 2 nitrogen and oxygen atoms in total. The molecule has 0 aromatic heterocycles. The van der Waals surface area contributed by atoms with E-state index < -0.39 is 16.6 Å². The molecule has 0 spiro atoms. The fourth-order valence-corrected chi connectivity index (χ4v) is 3.05. The number of nitrogen functional groups attached to an aromatic ring is 1. The third kappa shape index (κ3) is 2.76. The summed E-state index contributed by atoms with van der Waals surface area (Å²) >= 11 is 0. The first-order valence-electron chi connectivity index (χ1n) is 5.59. The lowest BCUT2D eigenvalue weighted by Gasteiger charge is -2.12. The van der Waals surface area contributed by atoms with Crippen molar-refractivity contribution in [2.75, 3.05) is 5.73 Å². The molecule has 0 fully saturated rings. The van der Waals surface area contributed by atoms with Gasteiger partial charge in [0.1, 0.15) is 5.82 Å². The topological polar surface area (TPSA) is 43.1 Å². The standard InChI is InChI=1S/C14H14FNOS/c1-10(11-5-3-2-4-6-11)18(17)14-8-12(15)7-13(16)9-14/h2-10H,16H2,1H3. The molecule has 0 aliphatic heterocycles. The lowest BCUT2D eigenvalue weighted by atomic mass is 10.2. The summed E-state index contributed by atoms with van der Waals surface area (Å²) in [6.07, 6.45) is 0. The second-order valence-corrected chi connectivity index (χ2v) is 5.84. The van der Waals surface area contributed by atoms with Gasteiger partial charge >= 0.3 is 0 Å². The Hall–Kier alpha value is -1.68. The molecule has 2 aromatic carbocycles. The molecule has 4 heteroatoms. The van der Waals surface area contributed by atoms with Crippen molar-refractivity contribution < 1.29 is 8.60 Å². The SMILES string of the molecule is CC(c1ccccc1)S(=O)c1cc(N)cc(F)c1. The maximum Gasteiger partial charge on any atom is 0.126 e. The molecule has 94 valence electrons. The minimum Gasteiger partial charge on any atom is -0.399 e. The van der Waals surface area contributed by atoms with Crippen molar-refractivity contribution >= 4 is 16.5 Å². The maximum absolute atomic E-state index is 13.2. The highest BCUT2D eigenvalue weighted by molar-refractivity contribution is 7.85. The Morgan fingerprint density at radius 1 is 1.17 bits per heavy atom. The van der Waals surface area contributed by atoms with Gasteiger partial charge < -0.3 is 5.73 Å². The Kier molecular flexibility index (Phi) is 3.77. The molecule has 0 saturated heterocycles. The fourth-order valence-electron chi connectivity index (χ4n) is 1.75. The predicted molar refractivity (Wildman–Crippen MR) is 72.1 cm³/mol. The molecule has 2 aromatic rings. The van der Waals surface area contributed by atoms with Crippen molar-refractivity contribution in [2.24, 2.45) is 0 Å². The van der Waals surface area contributed by atoms with E-state index in [4.69, 9.17) is 5.73 Å². The average Bonchev–Trinajstić information content (AvgIpc) is 2.37. The lowest BCUT2D eigenvalue weighted by Crippen LogP contribution is -2.04. The molecular formula is C14H14FNOS. The van der Waals surface area contributed by atoms with E-state index in [-0.39, 0.29) is 5.25 Å². The molecular weight excluding hydrogens is 249 g/mol. The van der Waals surface area contributed by atoms with Gasteiger partial charge in [0.15, 0.2) is 0 Å². The van der Waals surface area contributed by atoms with E-state index in [1.165, 1.54) is 12.1 Å². The zero-order chi connectivity index (χ0) is 13.1. The van der Waals surface area contributed by atoms with Gasteiger partial charge in [0.05, 0.1) is 16.0 Å². The monoisotopic (exact) mass is 263 g/mol. The summed E-state index contributed by atoms with van der Waals surface area (Å²) in [6.45, 7) is 1.85. The van der Waals surface area contributed by atoms with E-state index in [0.29, 0.717) is 10.6 Å². The van der Waals surface area contributed by atoms with E-state index in [1.54, 1.807) is 6.07 Å². The van der Waals surface area contributed by atoms with Crippen molar-refractivity contribution in [3.8, 4) is 0 Å². The maximum atomic E-state index is 13.2. The van der Waals surface area contributed by atoms with Gasteiger partial charge in [-0.3, -0.25) is 4.21 Å². The Bertz CT molecular complexity index is 551. The first-order chi connectivity index (χ1) is 8.58. The Morgan fingerprint density at radius 3 is 2.44 bits per heavy atom. The van der Waals surface area contributed by atoms with Crippen LogP contribution in [0.25, 0.3) is 0 Å². The number of nitrogens with two attached hydrogens (primary N) is 1. The largest absolute Gasteiger partial charge is 0.399 e. The van der Waals surface area contributed by atoms with Crippen LogP contribution in [-0.2, 0) is 10.8 Å². The molecule has 2 atom stereocenters. The molecule has 0 amide bonds. The van der Waals surface area contributed by atoms with Crippen molar-refractivity contribution in [3.63, 3.8) is 0 Å². The van der Waals surface area contributed by atoms with Crippen LogP contribution < -0.4 is 5.73 Å². The highest BCUT2D eigenvalue weighted by Gasteiger charge is 2.16. The molecule has 0 aliphatic carbocycles. The predicted octanol–water partition coefficient (Wildman–Crippen LogP) is 3.28. The quantitative estimate of drug-likeness (QED) is 0.864. The Balaban J connectivity index is 2.31. The minimum atomic E-state index is -1.32. The van der Waals surface area contributed by atoms with Crippen LogP contribution in [0.3, 0.4) is 0 Å². The number of hydrogen-bond acceptors (Lipinski definition) is 2. The first-order valence-corrected chi connectivity index (χ1v) is 6.81. The molecule has 0 saturated carbocycles. The lowest BCUT2D eigenvalue weighted by molar-refractivity contribution is 0.623. The van der Waals surface area contributed by atoms with Crippen LogP contribution in [0, 0.1) is 5.82 Å². The van der Waals surface area contributed by atoms with E-state index in [1.807, 2.05) is 37.3 Å². The molecule has 18 heavy (non-hydrogen) atoms. The second kappa shape index (κ2) is 5.31. The van der Waals surface area contributed by atoms with E-state index >= 15 is 0 Å². The summed E-state index contributed by atoms with van der Waals surface area (Å²) in [6, 6.07) is 13.5. The molecule has 0 heterocycles. The van der Waals surface area contributed by atoms with Gasteiger partial charge in [-0.1, -0.05) is 30.3 Å². The Labute approximate surface area is 108 Å². The number of benzene rings is 2. The highest BCUT2D eigenvalue weighted by Crippen LogP contribution is 2.26. The molecule has 0 radical (unpaired) electrons. The van der Waals surface area contributed by atoms with Gasteiger partial charge in [0.25, 0.3) is 0 Å². The summed E-state index contributed by atoms with van der Waals surface area (Å²) in [5, 5.41) is -0.201. The summed E-state index contributed by atoms with van der Waals surface area (Å²) in [4.78, 5) is 0.420. The van der Waals surface area contributed by atoms with Gasteiger partial charge in [-0.2, -0.15) is 0 Å². The van der Waals surface area contributed by atoms with Crippen LogP contribution >= 0.6 is 0 Å². The first kappa shape index (κ1) is 12.8. The smallest absolute Gasteiger partial charge is 0.126 e. The van der Waals surface area contributed by atoms with Crippen molar-refractivity contribution in [1.29, 1.82) is 0 Å². The van der Waals surface area contributed by atoms with Crippen LogP contribution in [0.2, 0.25) is 0 Å². The molecule has 2 unspecified atom stereocenters. The number of anilines is 1. The number of halogens is 1. The fraction of sp³-hybridized carbons (Fsp3) is 0.143. The summed E-state index contributed by atoms with van der Waals surface area (Å²) in [5.74, 6) is -0.460.